The number of carbonyl (C=O) groups excluding carboxylic acids is 1. The smallest absolute Gasteiger partial charge is 0.244 e. The molecular formula is C20H17NO2S2. The number of aliphatic imine (C=N–C) groups is 1. The molecule has 0 aromatic heterocycles. The van der Waals surface area contributed by atoms with Crippen molar-refractivity contribution in [2.45, 2.75) is 6.61 Å². The summed E-state index contributed by atoms with van der Waals surface area (Å²) in [5, 5.41) is -0.0176. The Hall–Kier alpha value is -2.24. The fourth-order valence-corrected chi connectivity index (χ4v) is 3.74. The molecule has 1 heterocycles. The molecule has 0 spiro atoms. The monoisotopic (exact) mass is 367 g/mol. The first-order chi connectivity index (χ1) is 12.2. The SMILES string of the molecule is C=CCSC1=N/C(=C\c2ccc(OCc3ccccc3)cc2)C(=O)S1. The van der Waals surface area contributed by atoms with Crippen molar-refractivity contribution in [2.75, 3.05) is 5.75 Å². The molecule has 0 aliphatic carbocycles. The van der Waals surface area contributed by atoms with E-state index in [4.69, 9.17) is 4.74 Å². The number of benzene rings is 2. The molecule has 25 heavy (non-hydrogen) atoms. The van der Waals surface area contributed by atoms with Gasteiger partial charge in [0.2, 0.25) is 5.12 Å². The molecule has 0 N–H and O–H groups in total. The fourth-order valence-electron chi connectivity index (χ4n) is 2.14. The van der Waals surface area contributed by atoms with E-state index in [-0.39, 0.29) is 5.12 Å². The van der Waals surface area contributed by atoms with Gasteiger partial charge in [0, 0.05) is 5.75 Å². The van der Waals surface area contributed by atoms with Crippen LogP contribution in [-0.4, -0.2) is 15.2 Å². The molecule has 2 aromatic carbocycles. The molecule has 0 bridgehead atoms. The van der Waals surface area contributed by atoms with E-state index < -0.39 is 0 Å². The fraction of sp³-hybridized carbons (Fsp3) is 0.100. The van der Waals surface area contributed by atoms with Crippen LogP contribution in [0.1, 0.15) is 11.1 Å². The molecule has 5 heteroatoms. The van der Waals surface area contributed by atoms with Gasteiger partial charge in [-0.15, -0.1) is 6.58 Å². The van der Waals surface area contributed by atoms with Crippen LogP contribution in [0.15, 0.2) is 77.9 Å². The number of thioether (sulfide) groups is 2. The Morgan fingerprint density at radius 1 is 1.12 bits per heavy atom. The van der Waals surface area contributed by atoms with Gasteiger partial charge in [-0.05, 0) is 41.1 Å². The maximum atomic E-state index is 12.0. The third-order valence-electron chi connectivity index (χ3n) is 3.36. The van der Waals surface area contributed by atoms with Crippen LogP contribution in [0.2, 0.25) is 0 Å². The largest absolute Gasteiger partial charge is 0.489 e. The molecule has 0 amide bonds. The van der Waals surface area contributed by atoms with E-state index >= 15 is 0 Å². The minimum atomic E-state index is -0.0176. The molecule has 0 saturated carbocycles. The lowest BCUT2D eigenvalue weighted by Crippen LogP contribution is -1.94. The van der Waals surface area contributed by atoms with E-state index in [0.29, 0.717) is 12.3 Å². The summed E-state index contributed by atoms with van der Waals surface area (Å²) < 4.78 is 6.54. The van der Waals surface area contributed by atoms with E-state index in [1.165, 1.54) is 23.5 Å². The second kappa shape index (κ2) is 8.74. The lowest BCUT2D eigenvalue weighted by atomic mass is 10.2. The third kappa shape index (κ3) is 5.11. The van der Waals surface area contributed by atoms with Crippen molar-refractivity contribution in [1.82, 2.24) is 0 Å². The number of nitrogens with zero attached hydrogens (tertiary/aromatic N) is 1. The predicted molar refractivity (Wildman–Crippen MR) is 108 cm³/mol. The molecule has 2 aromatic rings. The van der Waals surface area contributed by atoms with Crippen molar-refractivity contribution in [3.63, 3.8) is 0 Å². The van der Waals surface area contributed by atoms with Crippen molar-refractivity contribution >= 4 is 39.1 Å². The highest BCUT2D eigenvalue weighted by Crippen LogP contribution is 2.31. The van der Waals surface area contributed by atoms with Gasteiger partial charge in [-0.25, -0.2) is 4.99 Å². The Balaban J connectivity index is 1.63. The van der Waals surface area contributed by atoms with Crippen molar-refractivity contribution in [1.29, 1.82) is 0 Å². The number of ether oxygens (including phenoxy) is 1. The Bertz CT molecular complexity index is 811. The van der Waals surface area contributed by atoms with E-state index in [1.807, 2.05) is 54.6 Å². The summed E-state index contributed by atoms with van der Waals surface area (Å²) in [6.45, 7) is 4.21. The number of hydrogen-bond acceptors (Lipinski definition) is 5. The predicted octanol–water partition coefficient (Wildman–Crippen LogP) is 5.16. The van der Waals surface area contributed by atoms with Crippen molar-refractivity contribution in [2.24, 2.45) is 4.99 Å². The summed E-state index contributed by atoms with van der Waals surface area (Å²) in [6, 6.07) is 17.7. The first-order valence-electron chi connectivity index (χ1n) is 7.77. The third-order valence-corrected chi connectivity index (χ3v) is 5.36. The first kappa shape index (κ1) is 17.6. The van der Waals surface area contributed by atoms with E-state index in [1.54, 1.807) is 12.2 Å². The minimum Gasteiger partial charge on any atom is -0.489 e. The second-order valence-electron chi connectivity index (χ2n) is 5.24. The van der Waals surface area contributed by atoms with Gasteiger partial charge in [0.15, 0.2) is 0 Å². The van der Waals surface area contributed by atoms with Crippen LogP contribution in [0, 0.1) is 0 Å². The molecule has 0 unspecified atom stereocenters. The Labute approximate surface area is 155 Å². The number of rotatable bonds is 6. The zero-order valence-electron chi connectivity index (χ0n) is 13.6. The summed E-state index contributed by atoms with van der Waals surface area (Å²) in [5.41, 5.74) is 2.53. The lowest BCUT2D eigenvalue weighted by Gasteiger charge is -2.06. The highest BCUT2D eigenvalue weighted by atomic mass is 32.2. The molecule has 126 valence electrons. The minimum absolute atomic E-state index is 0.0176. The van der Waals surface area contributed by atoms with Crippen molar-refractivity contribution < 1.29 is 9.53 Å². The Morgan fingerprint density at radius 2 is 1.88 bits per heavy atom. The van der Waals surface area contributed by atoms with E-state index in [9.17, 15) is 4.79 Å². The van der Waals surface area contributed by atoms with E-state index in [2.05, 4.69) is 11.6 Å². The lowest BCUT2D eigenvalue weighted by molar-refractivity contribution is -0.107. The highest BCUT2D eigenvalue weighted by molar-refractivity contribution is 8.45. The summed E-state index contributed by atoms with van der Waals surface area (Å²) in [7, 11) is 0. The van der Waals surface area contributed by atoms with Gasteiger partial charge in [-0.2, -0.15) is 0 Å². The van der Waals surface area contributed by atoms with Crippen molar-refractivity contribution in [3.8, 4) is 5.75 Å². The zero-order chi connectivity index (χ0) is 17.5. The van der Waals surface area contributed by atoms with Crippen LogP contribution in [0.4, 0.5) is 0 Å². The van der Waals surface area contributed by atoms with Crippen LogP contribution in [-0.2, 0) is 11.4 Å². The molecule has 0 atom stereocenters. The average molecular weight is 367 g/mol. The summed E-state index contributed by atoms with van der Waals surface area (Å²) in [5.74, 6) is 1.55. The maximum absolute atomic E-state index is 12.0. The molecule has 0 saturated heterocycles. The quantitative estimate of drug-likeness (QED) is 0.522. The normalized spacial score (nSPS) is 15.3. The van der Waals surface area contributed by atoms with Crippen LogP contribution in [0.5, 0.6) is 5.75 Å². The van der Waals surface area contributed by atoms with Gasteiger partial charge >= 0.3 is 0 Å². The molecule has 1 aliphatic rings. The molecule has 0 fully saturated rings. The maximum Gasteiger partial charge on any atom is 0.244 e. The van der Waals surface area contributed by atoms with Crippen LogP contribution in [0.3, 0.4) is 0 Å². The second-order valence-corrected chi connectivity index (χ2v) is 7.47. The van der Waals surface area contributed by atoms with Gasteiger partial charge in [-0.1, -0.05) is 60.3 Å². The van der Waals surface area contributed by atoms with Crippen LogP contribution in [0.25, 0.3) is 6.08 Å². The standard InChI is InChI=1S/C20H17NO2S2/c1-2-12-24-20-21-18(19(22)25-20)13-15-8-10-17(11-9-15)23-14-16-6-4-3-5-7-16/h2-11,13H,1,12,14H2/b18-13-. The Kier molecular flexibility index (Phi) is 6.14. The van der Waals surface area contributed by atoms with Gasteiger partial charge in [0.25, 0.3) is 0 Å². The van der Waals surface area contributed by atoms with Crippen LogP contribution >= 0.6 is 23.5 Å². The molecule has 1 aliphatic heterocycles. The molecular weight excluding hydrogens is 350 g/mol. The number of hydrogen-bond donors (Lipinski definition) is 0. The number of carbonyl (C=O) groups is 1. The van der Waals surface area contributed by atoms with Gasteiger partial charge in [0.1, 0.15) is 22.4 Å². The summed E-state index contributed by atoms with van der Waals surface area (Å²) >= 11 is 2.70. The van der Waals surface area contributed by atoms with Gasteiger partial charge < -0.3 is 4.74 Å². The molecule has 3 rings (SSSR count). The van der Waals surface area contributed by atoms with E-state index in [0.717, 1.165) is 27.0 Å². The molecule has 3 nitrogen and oxygen atoms in total. The average Bonchev–Trinajstić information content (AvgIpc) is 3.00. The molecule has 0 radical (unpaired) electrons. The van der Waals surface area contributed by atoms with Gasteiger partial charge in [-0.3, -0.25) is 4.79 Å². The zero-order valence-corrected chi connectivity index (χ0v) is 15.2. The van der Waals surface area contributed by atoms with Crippen LogP contribution < -0.4 is 4.74 Å². The highest BCUT2D eigenvalue weighted by Gasteiger charge is 2.21. The Morgan fingerprint density at radius 3 is 2.60 bits per heavy atom. The summed E-state index contributed by atoms with van der Waals surface area (Å²) in [4.78, 5) is 16.4. The van der Waals surface area contributed by atoms with Gasteiger partial charge in [0.05, 0.1) is 0 Å². The summed E-state index contributed by atoms with van der Waals surface area (Å²) in [6.07, 6.45) is 3.60. The first-order valence-corrected chi connectivity index (χ1v) is 9.58. The van der Waals surface area contributed by atoms with Crippen molar-refractivity contribution in [3.05, 3.63) is 84.1 Å². The topological polar surface area (TPSA) is 38.7 Å².